The van der Waals surface area contributed by atoms with E-state index in [4.69, 9.17) is 0 Å². The van der Waals surface area contributed by atoms with Crippen molar-refractivity contribution < 1.29 is 0 Å². The summed E-state index contributed by atoms with van der Waals surface area (Å²) in [7, 11) is 0. The zero-order valence-corrected chi connectivity index (χ0v) is 10.3. The number of nitrogens with zero attached hydrogens (tertiary/aromatic N) is 1. The second-order valence-corrected chi connectivity index (χ2v) is 4.17. The van der Waals surface area contributed by atoms with E-state index in [0.29, 0.717) is 6.04 Å². The van der Waals surface area contributed by atoms with Crippen LogP contribution >= 0.6 is 0 Å². The van der Waals surface area contributed by atoms with Crippen LogP contribution in [0, 0.1) is 0 Å². The Balaban J connectivity index is 2.30. The molecule has 0 aromatic heterocycles. The summed E-state index contributed by atoms with van der Waals surface area (Å²) in [5.74, 6) is 0. The number of hydrogen-bond donors (Lipinski definition) is 1. The fraction of sp³-hybridized carbons (Fsp3) is 0.429. The van der Waals surface area contributed by atoms with Gasteiger partial charge >= 0.3 is 0 Å². The smallest absolute Gasteiger partial charge is 0.0340 e. The molecule has 1 rings (SSSR count). The van der Waals surface area contributed by atoms with Gasteiger partial charge in [0.1, 0.15) is 0 Å². The van der Waals surface area contributed by atoms with E-state index in [1.54, 1.807) is 0 Å². The Morgan fingerprint density at radius 3 is 2.56 bits per heavy atom. The van der Waals surface area contributed by atoms with Crippen molar-refractivity contribution in [2.75, 3.05) is 25.0 Å². The molecule has 2 nitrogen and oxygen atoms in total. The highest BCUT2D eigenvalue weighted by Gasteiger charge is 2.06. The lowest BCUT2D eigenvalue weighted by molar-refractivity contribution is 0.256. The molecule has 0 aliphatic carbocycles. The lowest BCUT2D eigenvalue weighted by atomic mass is 10.3. The van der Waals surface area contributed by atoms with Gasteiger partial charge in [-0.15, -0.1) is 6.58 Å². The number of para-hydroxylation sites is 1. The lowest BCUT2D eigenvalue weighted by Crippen LogP contribution is -2.35. The zero-order chi connectivity index (χ0) is 11.8. The number of hydrogen-bond acceptors (Lipinski definition) is 2. The van der Waals surface area contributed by atoms with E-state index in [0.717, 1.165) is 19.6 Å². The molecule has 0 heterocycles. The van der Waals surface area contributed by atoms with Crippen LogP contribution < -0.4 is 5.32 Å². The molecule has 88 valence electrons. The van der Waals surface area contributed by atoms with Gasteiger partial charge in [-0.3, -0.25) is 4.90 Å². The number of anilines is 1. The topological polar surface area (TPSA) is 15.3 Å². The standard InChI is InChI=1S/C14H22N2/c1-4-11-16(13(2)3)12-10-15-14-8-6-5-7-9-14/h4-9,13,15H,1,10-12H2,2-3H3. The average Bonchev–Trinajstić information content (AvgIpc) is 2.29. The molecule has 0 atom stereocenters. The van der Waals surface area contributed by atoms with Gasteiger partial charge in [-0.2, -0.15) is 0 Å². The third kappa shape index (κ3) is 4.49. The molecule has 0 bridgehead atoms. The Kier molecular flexibility index (Phi) is 5.65. The van der Waals surface area contributed by atoms with Crippen molar-refractivity contribution in [1.82, 2.24) is 4.90 Å². The highest BCUT2D eigenvalue weighted by Crippen LogP contribution is 2.04. The first-order valence-corrected chi connectivity index (χ1v) is 5.88. The second-order valence-electron chi connectivity index (χ2n) is 4.17. The van der Waals surface area contributed by atoms with Crippen LogP contribution in [-0.4, -0.2) is 30.6 Å². The largest absolute Gasteiger partial charge is 0.384 e. The van der Waals surface area contributed by atoms with E-state index in [2.05, 4.69) is 42.8 Å². The van der Waals surface area contributed by atoms with Crippen LogP contribution in [0.3, 0.4) is 0 Å². The molecule has 2 heteroatoms. The van der Waals surface area contributed by atoms with Gasteiger partial charge in [0.25, 0.3) is 0 Å². The predicted molar refractivity (Wildman–Crippen MR) is 71.8 cm³/mol. The van der Waals surface area contributed by atoms with Gasteiger partial charge in [0.15, 0.2) is 0 Å². The highest BCUT2D eigenvalue weighted by atomic mass is 15.2. The molecule has 1 aromatic rings. The van der Waals surface area contributed by atoms with Crippen LogP contribution in [0.5, 0.6) is 0 Å². The maximum atomic E-state index is 3.79. The van der Waals surface area contributed by atoms with E-state index in [9.17, 15) is 0 Å². The molecule has 0 aliphatic heterocycles. The van der Waals surface area contributed by atoms with Crippen LogP contribution in [0.25, 0.3) is 0 Å². The summed E-state index contributed by atoms with van der Waals surface area (Å²) in [5, 5.41) is 3.41. The third-order valence-electron chi connectivity index (χ3n) is 2.60. The summed E-state index contributed by atoms with van der Waals surface area (Å²) in [6.07, 6.45) is 1.96. The minimum atomic E-state index is 0.565. The third-order valence-corrected chi connectivity index (χ3v) is 2.60. The monoisotopic (exact) mass is 218 g/mol. The normalized spacial score (nSPS) is 10.8. The average molecular weight is 218 g/mol. The molecule has 0 unspecified atom stereocenters. The molecule has 0 fully saturated rings. The van der Waals surface area contributed by atoms with Gasteiger partial charge in [0.2, 0.25) is 0 Å². The molecule has 0 radical (unpaired) electrons. The van der Waals surface area contributed by atoms with Gasteiger partial charge in [0.05, 0.1) is 0 Å². The molecule has 0 saturated carbocycles. The van der Waals surface area contributed by atoms with Crippen LogP contribution in [0.4, 0.5) is 5.69 Å². The minimum Gasteiger partial charge on any atom is -0.384 e. The lowest BCUT2D eigenvalue weighted by Gasteiger charge is -2.25. The molecule has 0 amide bonds. The van der Waals surface area contributed by atoms with Gasteiger partial charge in [-0.05, 0) is 26.0 Å². The Morgan fingerprint density at radius 2 is 2.00 bits per heavy atom. The number of benzene rings is 1. The van der Waals surface area contributed by atoms with Crippen LogP contribution in [0.2, 0.25) is 0 Å². The number of nitrogens with one attached hydrogen (secondary N) is 1. The molecular weight excluding hydrogens is 196 g/mol. The van der Waals surface area contributed by atoms with Crippen molar-refractivity contribution in [1.29, 1.82) is 0 Å². The first-order chi connectivity index (χ1) is 7.74. The molecule has 1 N–H and O–H groups in total. The zero-order valence-electron chi connectivity index (χ0n) is 10.3. The van der Waals surface area contributed by atoms with Crippen LogP contribution in [-0.2, 0) is 0 Å². The fourth-order valence-corrected chi connectivity index (χ4v) is 1.63. The minimum absolute atomic E-state index is 0.565. The summed E-state index contributed by atoms with van der Waals surface area (Å²) < 4.78 is 0. The van der Waals surface area contributed by atoms with Crippen LogP contribution in [0.15, 0.2) is 43.0 Å². The van der Waals surface area contributed by atoms with Crippen molar-refractivity contribution in [3.05, 3.63) is 43.0 Å². The Morgan fingerprint density at radius 1 is 1.31 bits per heavy atom. The van der Waals surface area contributed by atoms with Gasteiger partial charge in [-0.25, -0.2) is 0 Å². The van der Waals surface area contributed by atoms with Gasteiger partial charge < -0.3 is 5.32 Å². The SMILES string of the molecule is C=CCN(CCNc1ccccc1)C(C)C. The summed E-state index contributed by atoms with van der Waals surface area (Å²) in [6.45, 7) is 11.2. The second kappa shape index (κ2) is 7.07. The highest BCUT2D eigenvalue weighted by molar-refractivity contribution is 5.42. The molecule has 1 aromatic carbocycles. The summed E-state index contributed by atoms with van der Waals surface area (Å²) in [6, 6.07) is 10.9. The van der Waals surface area contributed by atoms with Crippen molar-refractivity contribution in [3.63, 3.8) is 0 Å². The van der Waals surface area contributed by atoms with Crippen LogP contribution in [0.1, 0.15) is 13.8 Å². The quantitative estimate of drug-likeness (QED) is 0.708. The Bertz CT molecular complexity index is 293. The molecule has 0 spiro atoms. The Hall–Kier alpha value is -1.28. The first kappa shape index (κ1) is 12.8. The van der Waals surface area contributed by atoms with Gasteiger partial charge in [0, 0.05) is 31.4 Å². The van der Waals surface area contributed by atoms with Crippen molar-refractivity contribution in [2.45, 2.75) is 19.9 Å². The van der Waals surface area contributed by atoms with E-state index < -0.39 is 0 Å². The number of rotatable bonds is 7. The van der Waals surface area contributed by atoms with E-state index in [1.807, 2.05) is 24.3 Å². The van der Waals surface area contributed by atoms with E-state index in [-0.39, 0.29) is 0 Å². The van der Waals surface area contributed by atoms with Gasteiger partial charge in [-0.1, -0.05) is 24.3 Å². The molecule has 0 saturated heterocycles. The molecule has 16 heavy (non-hydrogen) atoms. The van der Waals surface area contributed by atoms with E-state index in [1.165, 1.54) is 5.69 Å². The fourth-order valence-electron chi connectivity index (χ4n) is 1.63. The summed E-state index contributed by atoms with van der Waals surface area (Å²) in [4.78, 5) is 2.39. The van der Waals surface area contributed by atoms with Crippen molar-refractivity contribution in [3.8, 4) is 0 Å². The predicted octanol–water partition coefficient (Wildman–Crippen LogP) is 2.99. The van der Waals surface area contributed by atoms with Crippen molar-refractivity contribution in [2.24, 2.45) is 0 Å². The molecular formula is C14H22N2. The van der Waals surface area contributed by atoms with Crippen molar-refractivity contribution >= 4 is 5.69 Å². The maximum absolute atomic E-state index is 3.79. The molecule has 0 aliphatic rings. The summed E-state index contributed by atoms with van der Waals surface area (Å²) in [5.41, 5.74) is 1.19. The first-order valence-electron chi connectivity index (χ1n) is 5.88. The Labute approximate surface area is 99.0 Å². The summed E-state index contributed by atoms with van der Waals surface area (Å²) >= 11 is 0. The maximum Gasteiger partial charge on any atom is 0.0340 e. The van der Waals surface area contributed by atoms with E-state index >= 15 is 0 Å².